The van der Waals surface area contributed by atoms with Crippen LogP contribution in [0, 0.1) is 0 Å². The van der Waals surface area contributed by atoms with Gasteiger partial charge in [-0.25, -0.2) is 4.98 Å². The quantitative estimate of drug-likeness (QED) is 0.293. The normalized spacial score (nSPS) is 15.8. The highest BCUT2D eigenvalue weighted by Gasteiger charge is 2.21. The standard InChI is InChI=1S/C27H27N5O3S2/c33-20(18-34-21-8-9-23-22(15-21)28-27(37-23)19-5-2-1-3-6-19)16-31-10-12-32(13-11-31)17-25-29-26(30-35-25)24-7-4-14-36-24/h1-9,14-15,20,33H,10-13,16-18H2/t20-/m1/s1. The first-order valence-corrected chi connectivity index (χ1v) is 14.0. The molecule has 1 aliphatic heterocycles. The number of thiazole rings is 1. The number of aliphatic hydroxyl groups is 1. The molecule has 6 rings (SSSR count). The summed E-state index contributed by atoms with van der Waals surface area (Å²) in [6.07, 6.45) is -0.568. The van der Waals surface area contributed by atoms with Crippen LogP contribution in [-0.2, 0) is 6.54 Å². The van der Waals surface area contributed by atoms with Gasteiger partial charge in [0.05, 0.1) is 21.6 Å². The number of piperazine rings is 1. The van der Waals surface area contributed by atoms with Crippen LogP contribution in [0.25, 0.3) is 31.5 Å². The summed E-state index contributed by atoms with van der Waals surface area (Å²) in [4.78, 5) is 14.9. The van der Waals surface area contributed by atoms with Crippen molar-refractivity contribution in [2.75, 3.05) is 39.3 Å². The van der Waals surface area contributed by atoms with E-state index in [4.69, 9.17) is 14.2 Å². The molecule has 2 aromatic carbocycles. The molecule has 0 aliphatic carbocycles. The number of ether oxygens (including phenoxy) is 1. The maximum Gasteiger partial charge on any atom is 0.241 e. The first kappa shape index (κ1) is 24.2. The molecule has 1 atom stereocenters. The van der Waals surface area contributed by atoms with Gasteiger partial charge in [0, 0.05) is 44.4 Å². The van der Waals surface area contributed by atoms with Crippen LogP contribution in [0.4, 0.5) is 0 Å². The lowest BCUT2D eigenvalue weighted by atomic mass is 10.2. The smallest absolute Gasteiger partial charge is 0.241 e. The molecular weight excluding hydrogens is 506 g/mol. The summed E-state index contributed by atoms with van der Waals surface area (Å²) in [6.45, 7) is 4.97. The van der Waals surface area contributed by atoms with E-state index >= 15 is 0 Å². The van der Waals surface area contributed by atoms with Crippen molar-refractivity contribution < 1.29 is 14.4 Å². The molecule has 8 nitrogen and oxygen atoms in total. The average molecular weight is 534 g/mol. The zero-order valence-electron chi connectivity index (χ0n) is 20.2. The van der Waals surface area contributed by atoms with E-state index in [-0.39, 0.29) is 6.61 Å². The SMILES string of the molecule is O[C@@H](COc1ccc2sc(-c3ccccc3)nc2c1)CN1CCN(Cc2nc(-c3cccs3)no2)CC1. The number of fused-ring (bicyclic) bond motifs is 1. The number of thiophene rings is 1. The van der Waals surface area contributed by atoms with Gasteiger partial charge in [-0.2, -0.15) is 4.98 Å². The topological polar surface area (TPSA) is 87.8 Å². The minimum atomic E-state index is -0.568. The summed E-state index contributed by atoms with van der Waals surface area (Å²) in [5, 5.41) is 17.7. The summed E-state index contributed by atoms with van der Waals surface area (Å²) >= 11 is 3.27. The Morgan fingerprint density at radius 1 is 0.973 bits per heavy atom. The van der Waals surface area contributed by atoms with Crippen LogP contribution in [0.2, 0.25) is 0 Å². The number of aliphatic hydroxyl groups excluding tert-OH is 1. The van der Waals surface area contributed by atoms with E-state index in [0.29, 0.717) is 24.8 Å². The maximum absolute atomic E-state index is 10.6. The van der Waals surface area contributed by atoms with Crippen LogP contribution in [0.5, 0.6) is 5.75 Å². The fourth-order valence-electron chi connectivity index (χ4n) is 4.39. The van der Waals surface area contributed by atoms with Crippen molar-refractivity contribution in [3.63, 3.8) is 0 Å². The molecule has 0 amide bonds. The second-order valence-corrected chi connectivity index (χ2v) is 11.0. The Balaban J connectivity index is 0.961. The summed E-state index contributed by atoms with van der Waals surface area (Å²) in [5.74, 6) is 2.01. The molecule has 0 radical (unpaired) electrons. The highest BCUT2D eigenvalue weighted by atomic mass is 32.1. The monoisotopic (exact) mass is 533 g/mol. The van der Waals surface area contributed by atoms with Crippen LogP contribution in [0.3, 0.4) is 0 Å². The predicted octanol–water partition coefficient (Wildman–Crippen LogP) is 4.63. The number of nitrogens with zero attached hydrogens (tertiary/aromatic N) is 5. The molecule has 4 heterocycles. The van der Waals surface area contributed by atoms with Gasteiger partial charge >= 0.3 is 0 Å². The molecule has 1 N–H and O–H groups in total. The molecule has 37 heavy (non-hydrogen) atoms. The molecular formula is C27H27N5O3S2. The van der Waals surface area contributed by atoms with Crippen molar-refractivity contribution in [3.8, 4) is 27.0 Å². The van der Waals surface area contributed by atoms with Crippen molar-refractivity contribution in [2.24, 2.45) is 0 Å². The van der Waals surface area contributed by atoms with E-state index in [1.807, 2.05) is 53.9 Å². The van der Waals surface area contributed by atoms with Gasteiger partial charge in [0.25, 0.3) is 0 Å². The number of benzene rings is 2. The Bertz CT molecular complexity index is 1430. The van der Waals surface area contributed by atoms with Crippen LogP contribution >= 0.6 is 22.7 Å². The van der Waals surface area contributed by atoms with Gasteiger partial charge in [0.1, 0.15) is 23.5 Å². The van der Waals surface area contributed by atoms with Crippen molar-refractivity contribution >= 4 is 32.9 Å². The number of rotatable bonds is 9. The number of aromatic nitrogens is 3. The maximum atomic E-state index is 10.6. The number of hydrogen-bond acceptors (Lipinski definition) is 10. The van der Waals surface area contributed by atoms with E-state index in [0.717, 1.165) is 57.6 Å². The van der Waals surface area contributed by atoms with Crippen molar-refractivity contribution in [1.82, 2.24) is 24.9 Å². The molecule has 0 spiro atoms. The zero-order chi connectivity index (χ0) is 25.0. The fourth-order valence-corrected chi connectivity index (χ4v) is 5.99. The third kappa shape index (κ3) is 5.89. The molecule has 190 valence electrons. The van der Waals surface area contributed by atoms with Crippen molar-refractivity contribution in [2.45, 2.75) is 12.6 Å². The first-order valence-electron chi connectivity index (χ1n) is 12.3. The van der Waals surface area contributed by atoms with Gasteiger partial charge in [0.2, 0.25) is 11.7 Å². The summed E-state index contributed by atoms with van der Waals surface area (Å²) in [7, 11) is 0. The minimum Gasteiger partial charge on any atom is -0.491 e. The van der Waals surface area contributed by atoms with Crippen LogP contribution in [0.15, 0.2) is 70.6 Å². The lowest BCUT2D eigenvalue weighted by molar-refractivity contribution is 0.0426. The Labute approximate surface area is 222 Å². The Hall–Kier alpha value is -3.15. The molecule has 0 saturated carbocycles. The van der Waals surface area contributed by atoms with Gasteiger partial charge in [-0.15, -0.1) is 22.7 Å². The molecule has 3 aromatic heterocycles. The average Bonchev–Trinajstić information content (AvgIpc) is 3.70. The van der Waals surface area contributed by atoms with Gasteiger partial charge in [0.15, 0.2) is 0 Å². The third-order valence-corrected chi connectivity index (χ3v) is 8.28. The van der Waals surface area contributed by atoms with Gasteiger partial charge in [-0.1, -0.05) is 41.6 Å². The van der Waals surface area contributed by atoms with E-state index in [9.17, 15) is 5.11 Å². The van der Waals surface area contributed by atoms with Gasteiger partial charge in [-0.05, 0) is 23.6 Å². The third-order valence-electron chi connectivity index (χ3n) is 6.32. The molecule has 5 aromatic rings. The molecule has 1 fully saturated rings. The largest absolute Gasteiger partial charge is 0.491 e. The number of β-amino-alcohol motifs (C(OH)–C–C–N with tert-alkyl or cyclic N) is 1. The lowest BCUT2D eigenvalue weighted by Crippen LogP contribution is -2.48. The van der Waals surface area contributed by atoms with Crippen molar-refractivity contribution in [1.29, 1.82) is 0 Å². The molecule has 1 saturated heterocycles. The van der Waals surface area contributed by atoms with Crippen molar-refractivity contribution in [3.05, 3.63) is 71.9 Å². The Morgan fingerprint density at radius 3 is 2.62 bits per heavy atom. The highest BCUT2D eigenvalue weighted by molar-refractivity contribution is 7.21. The first-order chi connectivity index (χ1) is 18.2. The van der Waals surface area contributed by atoms with Gasteiger partial charge in [-0.3, -0.25) is 9.80 Å². The molecule has 10 heteroatoms. The number of hydrogen-bond donors (Lipinski definition) is 1. The Kier molecular flexibility index (Phi) is 7.25. The zero-order valence-corrected chi connectivity index (χ0v) is 21.8. The molecule has 0 bridgehead atoms. The van der Waals surface area contributed by atoms with E-state index < -0.39 is 6.10 Å². The Morgan fingerprint density at radius 2 is 1.81 bits per heavy atom. The summed E-state index contributed by atoms with van der Waals surface area (Å²) < 4.78 is 12.5. The lowest BCUT2D eigenvalue weighted by Gasteiger charge is -2.34. The highest BCUT2D eigenvalue weighted by Crippen LogP contribution is 2.32. The predicted molar refractivity (Wildman–Crippen MR) is 146 cm³/mol. The summed E-state index contributed by atoms with van der Waals surface area (Å²) in [5.41, 5.74) is 2.03. The van der Waals surface area contributed by atoms with E-state index in [2.05, 4.69) is 32.1 Å². The molecule has 0 unspecified atom stereocenters. The second kappa shape index (κ2) is 11.1. The van der Waals surface area contributed by atoms with E-state index in [1.54, 1.807) is 22.7 Å². The minimum absolute atomic E-state index is 0.245. The van der Waals surface area contributed by atoms with E-state index in [1.165, 1.54) is 0 Å². The molecule has 1 aliphatic rings. The van der Waals surface area contributed by atoms with Gasteiger partial charge < -0.3 is 14.4 Å². The fraction of sp³-hybridized carbons (Fsp3) is 0.296. The summed E-state index contributed by atoms with van der Waals surface area (Å²) in [6, 6.07) is 20.1. The van der Waals surface area contributed by atoms with Crippen LogP contribution in [-0.4, -0.2) is 75.5 Å². The second-order valence-electron chi connectivity index (χ2n) is 9.05. The van der Waals surface area contributed by atoms with Crippen LogP contribution < -0.4 is 4.74 Å². The van der Waals surface area contributed by atoms with Crippen LogP contribution in [0.1, 0.15) is 5.89 Å².